The first-order valence-corrected chi connectivity index (χ1v) is 10.1. The number of nitrogens with one attached hydrogen (secondary N) is 3. The smallest absolute Gasteiger partial charge is 0.251 e. The second kappa shape index (κ2) is 8.29. The number of carbonyl (C=O) groups is 1. The molecule has 2 atom stereocenters. The summed E-state index contributed by atoms with van der Waals surface area (Å²) < 4.78 is 0. The Balaban J connectivity index is 1.43. The number of hydrogen-bond donors (Lipinski definition) is 3. The number of pyridine rings is 1. The molecule has 2 fully saturated rings. The van der Waals surface area contributed by atoms with E-state index in [-0.39, 0.29) is 5.91 Å². The fourth-order valence-electron chi connectivity index (χ4n) is 4.63. The fourth-order valence-corrected chi connectivity index (χ4v) is 4.63. The van der Waals surface area contributed by atoms with Crippen LogP contribution in [0.2, 0.25) is 0 Å². The lowest BCUT2D eigenvalue weighted by Gasteiger charge is -2.37. The third-order valence-corrected chi connectivity index (χ3v) is 6.22. The second-order valence-corrected chi connectivity index (χ2v) is 7.82. The molecule has 6 nitrogen and oxygen atoms in total. The van der Waals surface area contributed by atoms with E-state index in [1.165, 1.54) is 11.1 Å². The van der Waals surface area contributed by atoms with E-state index < -0.39 is 0 Å². The topological polar surface area (TPSA) is 69.3 Å². The summed E-state index contributed by atoms with van der Waals surface area (Å²) in [6, 6.07) is 12.8. The molecule has 1 aromatic heterocycles. The van der Waals surface area contributed by atoms with Gasteiger partial charge in [0.05, 0.1) is 0 Å². The van der Waals surface area contributed by atoms with Crippen LogP contribution in [0.3, 0.4) is 0 Å². The van der Waals surface area contributed by atoms with E-state index in [9.17, 15) is 4.79 Å². The highest BCUT2D eigenvalue weighted by molar-refractivity contribution is 5.94. The summed E-state index contributed by atoms with van der Waals surface area (Å²) in [5.74, 6) is 1.96. The largest absolute Gasteiger partial charge is 0.357 e. The lowest BCUT2D eigenvalue weighted by atomic mass is 9.79. The van der Waals surface area contributed by atoms with E-state index in [1.54, 1.807) is 19.3 Å². The lowest BCUT2D eigenvalue weighted by molar-refractivity contribution is 0.0963. The van der Waals surface area contributed by atoms with Gasteiger partial charge in [0.1, 0.15) is 5.82 Å². The van der Waals surface area contributed by atoms with Gasteiger partial charge in [-0.25, -0.2) is 4.98 Å². The number of hydrogen-bond acceptors (Lipinski definition) is 5. The summed E-state index contributed by atoms with van der Waals surface area (Å²) >= 11 is 0. The van der Waals surface area contributed by atoms with Gasteiger partial charge >= 0.3 is 0 Å². The van der Waals surface area contributed by atoms with Crippen molar-refractivity contribution in [3.05, 3.63) is 59.3 Å². The molecule has 3 heterocycles. The number of amides is 1. The molecule has 0 bridgehead atoms. The Morgan fingerprint density at radius 2 is 2.00 bits per heavy atom. The minimum atomic E-state index is -0.0687. The number of hydrazine groups is 1. The van der Waals surface area contributed by atoms with Crippen LogP contribution in [0, 0.1) is 12.8 Å². The molecule has 0 radical (unpaired) electrons. The van der Waals surface area contributed by atoms with E-state index in [4.69, 9.17) is 0 Å². The third-order valence-electron chi connectivity index (χ3n) is 6.22. The number of anilines is 1. The standard InChI is InChI=1S/C22H29N5O/c1-15-5-3-4-6-18(15)19-14-25-26-21(19)16-8-11-27(12-9-16)20-13-17(7-10-24-20)22(28)23-2/h3-7,10,13,16,19,21,25-26H,8-9,11-12,14H2,1-2H3,(H,23,28). The summed E-state index contributed by atoms with van der Waals surface area (Å²) in [5, 5.41) is 2.68. The van der Waals surface area contributed by atoms with Crippen LogP contribution in [-0.4, -0.2) is 43.6 Å². The normalized spacial score (nSPS) is 23.0. The molecule has 0 aliphatic carbocycles. The van der Waals surface area contributed by atoms with Gasteiger partial charge in [0.25, 0.3) is 5.91 Å². The van der Waals surface area contributed by atoms with E-state index in [1.807, 2.05) is 6.07 Å². The molecule has 2 saturated heterocycles. The predicted molar refractivity (Wildman–Crippen MR) is 111 cm³/mol. The SMILES string of the molecule is CNC(=O)c1ccnc(N2CCC(C3NNCC3c3ccccc3C)CC2)c1. The Bertz CT molecular complexity index is 831. The van der Waals surface area contributed by atoms with Gasteiger partial charge in [-0.1, -0.05) is 24.3 Å². The van der Waals surface area contributed by atoms with Gasteiger partial charge in [0, 0.05) is 50.4 Å². The molecule has 4 rings (SSSR count). The quantitative estimate of drug-likeness (QED) is 0.760. The Morgan fingerprint density at radius 3 is 2.75 bits per heavy atom. The maximum Gasteiger partial charge on any atom is 0.251 e. The number of nitrogens with zero attached hydrogens (tertiary/aromatic N) is 2. The minimum absolute atomic E-state index is 0.0687. The van der Waals surface area contributed by atoms with Crippen LogP contribution in [0.5, 0.6) is 0 Å². The number of piperidine rings is 1. The molecule has 6 heteroatoms. The molecule has 0 saturated carbocycles. The fraction of sp³-hybridized carbons (Fsp3) is 0.455. The Hall–Kier alpha value is -2.44. The summed E-state index contributed by atoms with van der Waals surface area (Å²) in [6.07, 6.45) is 3.96. The average molecular weight is 380 g/mol. The molecule has 0 spiro atoms. The van der Waals surface area contributed by atoms with Gasteiger partial charge in [-0.15, -0.1) is 0 Å². The van der Waals surface area contributed by atoms with Crippen molar-refractivity contribution in [1.82, 2.24) is 21.2 Å². The van der Waals surface area contributed by atoms with Crippen molar-refractivity contribution in [1.29, 1.82) is 0 Å². The molecule has 2 unspecified atom stereocenters. The zero-order valence-electron chi connectivity index (χ0n) is 16.6. The summed E-state index contributed by atoms with van der Waals surface area (Å²) in [5.41, 5.74) is 10.4. The molecule has 148 valence electrons. The first kappa shape index (κ1) is 18.9. The van der Waals surface area contributed by atoms with Crippen LogP contribution in [-0.2, 0) is 0 Å². The Kier molecular flexibility index (Phi) is 5.59. The maximum absolute atomic E-state index is 11.9. The molecule has 2 aliphatic rings. The monoisotopic (exact) mass is 379 g/mol. The zero-order valence-corrected chi connectivity index (χ0v) is 16.6. The molecular weight excluding hydrogens is 350 g/mol. The number of rotatable bonds is 4. The van der Waals surface area contributed by atoms with Crippen molar-refractivity contribution < 1.29 is 4.79 Å². The number of carbonyl (C=O) groups excluding carboxylic acids is 1. The number of aromatic nitrogens is 1. The van der Waals surface area contributed by atoms with Gasteiger partial charge < -0.3 is 10.2 Å². The molecule has 1 aromatic carbocycles. The second-order valence-electron chi connectivity index (χ2n) is 7.82. The van der Waals surface area contributed by atoms with Crippen molar-refractivity contribution in [2.75, 3.05) is 31.6 Å². The predicted octanol–water partition coefficient (Wildman–Crippen LogP) is 2.23. The van der Waals surface area contributed by atoms with Crippen molar-refractivity contribution >= 4 is 11.7 Å². The van der Waals surface area contributed by atoms with Crippen molar-refractivity contribution in [2.45, 2.75) is 31.7 Å². The molecule has 2 aromatic rings. The molecule has 28 heavy (non-hydrogen) atoms. The van der Waals surface area contributed by atoms with Crippen LogP contribution in [0.1, 0.15) is 40.2 Å². The average Bonchev–Trinajstić information content (AvgIpc) is 3.23. The van der Waals surface area contributed by atoms with E-state index in [0.29, 0.717) is 23.4 Å². The Labute approximate surface area is 166 Å². The van der Waals surface area contributed by atoms with Crippen LogP contribution >= 0.6 is 0 Å². The van der Waals surface area contributed by atoms with Gasteiger partial charge in [0.2, 0.25) is 0 Å². The van der Waals surface area contributed by atoms with Gasteiger partial charge in [-0.2, -0.15) is 0 Å². The van der Waals surface area contributed by atoms with Crippen molar-refractivity contribution in [3.8, 4) is 0 Å². The van der Waals surface area contributed by atoms with Crippen molar-refractivity contribution in [3.63, 3.8) is 0 Å². The zero-order chi connectivity index (χ0) is 19.5. The van der Waals surface area contributed by atoms with Gasteiger partial charge in [-0.3, -0.25) is 15.6 Å². The summed E-state index contributed by atoms with van der Waals surface area (Å²) in [6.45, 7) is 5.12. The van der Waals surface area contributed by atoms with Gasteiger partial charge in [-0.05, 0) is 48.9 Å². The molecular formula is C22H29N5O. The summed E-state index contributed by atoms with van der Waals surface area (Å²) in [4.78, 5) is 18.7. The highest BCUT2D eigenvalue weighted by Crippen LogP contribution is 2.34. The number of aryl methyl sites for hydroxylation is 1. The first-order chi connectivity index (χ1) is 13.7. The lowest BCUT2D eigenvalue weighted by Crippen LogP contribution is -2.44. The van der Waals surface area contributed by atoms with Crippen LogP contribution in [0.4, 0.5) is 5.82 Å². The van der Waals surface area contributed by atoms with Crippen LogP contribution < -0.4 is 21.1 Å². The van der Waals surface area contributed by atoms with E-state index >= 15 is 0 Å². The highest BCUT2D eigenvalue weighted by atomic mass is 16.1. The van der Waals surface area contributed by atoms with Crippen LogP contribution in [0.25, 0.3) is 0 Å². The molecule has 1 amide bonds. The molecule has 2 aliphatic heterocycles. The highest BCUT2D eigenvalue weighted by Gasteiger charge is 2.36. The minimum Gasteiger partial charge on any atom is -0.357 e. The third kappa shape index (κ3) is 3.75. The molecule has 3 N–H and O–H groups in total. The van der Waals surface area contributed by atoms with E-state index in [0.717, 1.165) is 38.3 Å². The van der Waals surface area contributed by atoms with Crippen LogP contribution in [0.15, 0.2) is 42.6 Å². The first-order valence-electron chi connectivity index (χ1n) is 10.1. The number of benzene rings is 1. The maximum atomic E-state index is 11.9. The van der Waals surface area contributed by atoms with E-state index in [2.05, 4.69) is 57.2 Å². The summed E-state index contributed by atoms with van der Waals surface area (Å²) in [7, 11) is 1.65. The van der Waals surface area contributed by atoms with Crippen molar-refractivity contribution in [2.24, 2.45) is 5.92 Å². The van der Waals surface area contributed by atoms with Gasteiger partial charge in [0.15, 0.2) is 0 Å². The Morgan fingerprint density at radius 1 is 1.21 bits per heavy atom.